The first-order valence-electron chi connectivity index (χ1n) is 7.89. The Kier molecular flexibility index (Phi) is 4.90. The van der Waals surface area contributed by atoms with Gasteiger partial charge in [-0.25, -0.2) is 0 Å². The number of aliphatic hydroxyl groups excluding tert-OH is 1. The first-order valence-corrected chi connectivity index (χ1v) is 7.89. The standard InChI is InChI=1S/C19H18N2O4/c1-25-12-11-21-16(14-9-5-6-10-20-14)15(18(23)19(21)24)17(22)13-7-3-2-4-8-13/h2-10,16,22H,11-12H2,1H3/b17-15-. The van der Waals surface area contributed by atoms with E-state index in [1.807, 2.05) is 6.07 Å². The summed E-state index contributed by atoms with van der Waals surface area (Å²) in [5, 5.41) is 10.7. The van der Waals surface area contributed by atoms with Crippen LogP contribution in [0.25, 0.3) is 5.76 Å². The summed E-state index contributed by atoms with van der Waals surface area (Å²) in [6.45, 7) is 0.510. The molecule has 1 aromatic heterocycles. The minimum Gasteiger partial charge on any atom is -0.507 e. The largest absolute Gasteiger partial charge is 0.507 e. The van der Waals surface area contributed by atoms with Crippen LogP contribution in [0.3, 0.4) is 0 Å². The summed E-state index contributed by atoms with van der Waals surface area (Å²) in [6, 6.07) is 13.2. The fourth-order valence-corrected chi connectivity index (χ4v) is 2.90. The van der Waals surface area contributed by atoms with E-state index in [0.29, 0.717) is 11.3 Å². The molecule has 0 saturated carbocycles. The Hall–Kier alpha value is -2.99. The molecule has 6 nitrogen and oxygen atoms in total. The minimum absolute atomic E-state index is 0.0472. The predicted molar refractivity (Wildman–Crippen MR) is 91.6 cm³/mol. The number of hydrogen-bond donors (Lipinski definition) is 1. The Balaban J connectivity index is 2.14. The molecule has 0 radical (unpaired) electrons. The van der Waals surface area contributed by atoms with Crippen molar-refractivity contribution in [2.75, 3.05) is 20.3 Å². The molecule has 0 spiro atoms. The van der Waals surface area contributed by atoms with Crippen LogP contribution in [0.2, 0.25) is 0 Å². The van der Waals surface area contributed by atoms with E-state index in [0.717, 1.165) is 0 Å². The average Bonchev–Trinajstić information content (AvgIpc) is 2.91. The van der Waals surface area contributed by atoms with Crippen molar-refractivity contribution < 1.29 is 19.4 Å². The molecule has 6 heteroatoms. The van der Waals surface area contributed by atoms with Gasteiger partial charge in [-0.3, -0.25) is 14.6 Å². The van der Waals surface area contributed by atoms with Crippen LogP contribution in [0.4, 0.5) is 0 Å². The minimum atomic E-state index is -0.739. The van der Waals surface area contributed by atoms with Gasteiger partial charge in [-0.15, -0.1) is 0 Å². The van der Waals surface area contributed by atoms with Crippen LogP contribution in [0.15, 0.2) is 60.3 Å². The Morgan fingerprint density at radius 3 is 2.52 bits per heavy atom. The van der Waals surface area contributed by atoms with Crippen molar-refractivity contribution in [3.63, 3.8) is 0 Å². The molecular formula is C19H18N2O4. The van der Waals surface area contributed by atoms with Crippen molar-refractivity contribution in [3.05, 3.63) is 71.6 Å². The molecule has 2 heterocycles. The second kappa shape index (κ2) is 7.27. The number of ether oxygens (including phenoxy) is 1. The molecule has 1 aliphatic rings. The zero-order valence-corrected chi connectivity index (χ0v) is 13.8. The van der Waals surface area contributed by atoms with Gasteiger partial charge in [0.05, 0.1) is 17.9 Å². The Labute approximate surface area is 145 Å². The first-order chi connectivity index (χ1) is 12.1. The van der Waals surface area contributed by atoms with E-state index >= 15 is 0 Å². The van der Waals surface area contributed by atoms with Crippen LogP contribution < -0.4 is 0 Å². The second-order valence-corrected chi connectivity index (χ2v) is 5.61. The summed E-state index contributed by atoms with van der Waals surface area (Å²) in [6.07, 6.45) is 1.59. The predicted octanol–water partition coefficient (Wildman–Crippen LogP) is 2.15. The van der Waals surface area contributed by atoms with Crippen molar-refractivity contribution in [1.82, 2.24) is 9.88 Å². The van der Waals surface area contributed by atoms with Gasteiger partial charge >= 0.3 is 0 Å². The summed E-state index contributed by atoms with van der Waals surface area (Å²) in [4.78, 5) is 30.8. The number of carbonyl (C=O) groups excluding carboxylic acids is 2. The highest BCUT2D eigenvalue weighted by molar-refractivity contribution is 6.46. The van der Waals surface area contributed by atoms with E-state index in [2.05, 4.69) is 4.98 Å². The summed E-state index contributed by atoms with van der Waals surface area (Å²) in [5.74, 6) is -1.58. The normalized spacial score (nSPS) is 19.4. The third-order valence-electron chi connectivity index (χ3n) is 4.09. The van der Waals surface area contributed by atoms with Gasteiger partial charge in [0.1, 0.15) is 11.8 Å². The smallest absolute Gasteiger partial charge is 0.295 e. The molecule has 3 rings (SSSR count). The number of aliphatic hydroxyl groups is 1. The summed E-state index contributed by atoms with van der Waals surface area (Å²) >= 11 is 0. The molecule has 1 amide bonds. The molecule has 1 aromatic carbocycles. The van der Waals surface area contributed by atoms with E-state index in [9.17, 15) is 14.7 Å². The first kappa shape index (κ1) is 16.9. The van der Waals surface area contributed by atoms with Crippen molar-refractivity contribution in [2.24, 2.45) is 0 Å². The van der Waals surface area contributed by atoms with Gasteiger partial charge in [-0.2, -0.15) is 0 Å². The molecule has 128 valence electrons. The molecule has 25 heavy (non-hydrogen) atoms. The molecule has 1 saturated heterocycles. The number of Topliss-reactive ketones (excluding diaryl/α,β-unsaturated/α-hetero) is 1. The third-order valence-corrected chi connectivity index (χ3v) is 4.09. The van der Waals surface area contributed by atoms with Crippen molar-refractivity contribution >= 4 is 17.4 Å². The van der Waals surface area contributed by atoms with E-state index in [1.54, 1.807) is 48.7 Å². The molecule has 0 aliphatic carbocycles. The maximum Gasteiger partial charge on any atom is 0.295 e. The number of benzene rings is 1. The van der Waals surface area contributed by atoms with Gasteiger partial charge in [0.2, 0.25) is 0 Å². The van der Waals surface area contributed by atoms with Gasteiger partial charge < -0.3 is 14.7 Å². The number of nitrogens with zero attached hydrogens (tertiary/aromatic N) is 2. The number of rotatable bonds is 5. The van der Waals surface area contributed by atoms with Crippen LogP contribution in [-0.2, 0) is 14.3 Å². The maximum atomic E-state index is 12.6. The summed E-state index contributed by atoms with van der Waals surface area (Å²) in [5.41, 5.74) is 1.05. The second-order valence-electron chi connectivity index (χ2n) is 5.61. The number of carbonyl (C=O) groups is 2. The molecule has 0 bridgehead atoms. The van der Waals surface area contributed by atoms with Gasteiger partial charge in [0, 0.05) is 25.4 Å². The topological polar surface area (TPSA) is 79.7 Å². The van der Waals surface area contributed by atoms with Gasteiger partial charge in [-0.05, 0) is 12.1 Å². The van der Waals surface area contributed by atoms with Crippen LogP contribution in [0.1, 0.15) is 17.3 Å². The zero-order valence-electron chi connectivity index (χ0n) is 13.8. The molecule has 2 aromatic rings. The van der Waals surface area contributed by atoms with Crippen LogP contribution in [0.5, 0.6) is 0 Å². The van der Waals surface area contributed by atoms with E-state index in [-0.39, 0.29) is 24.5 Å². The van der Waals surface area contributed by atoms with Crippen LogP contribution in [0, 0.1) is 0 Å². The lowest BCUT2D eigenvalue weighted by atomic mass is 9.98. The van der Waals surface area contributed by atoms with E-state index < -0.39 is 17.7 Å². The lowest BCUT2D eigenvalue weighted by Crippen LogP contribution is -2.33. The SMILES string of the molecule is COCCN1C(=O)C(=O)/C(=C(\O)c2ccccc2)C1c1ccccn1. The third kappa shape index (κ3) is 3.16. The Bertz CT molecular complexity index is 803. The number of amides is 1. The molecule has 1 aliphatic heterocycles. The maximum absolute atomic E-state index is 12.6. The highest BCUT2D eigenvalue weighted by Crippen LogP contribution is 2.38. The fourth-order valence-electron chi connectivity index (χ4n) is 2.90. The molecule has 1 N–H and O–H groups in total. The monoisotopic (exact) mass is 338 g/mol. The quantitative estimate of drug-likeness (QED) is 0.513. The summed E-state index contributed by atoms with van der Waals surface area (Å²) in [7, 11) is 1.52. The fraction of sp³-hybridized carbons (Fsp3) is 0.211. The zero-order chi connectivity index (χ0) is 17.8. The summed E-state index contributed by atoms with van der Waals surface area (Å²) < 4.78 is 5.05. The number of aromatic nitrogens is 1. The number of likely N-dealkylation sites (tertiary alicyclic amines) is 1. The number of methoxy groups -OCH3 is 1. The lowest BCUT2D eigenvalue weighted by Gasteiger charge is -2.24. The Morgan fingerprint density at radius 2 is 1.88 bits per heavy atom. The van der Waals surface area contributed by atoms with Crippen molar-refractivity contribution in [1.29, 1.82) is 0 Å². The molecular weight excluding hydrogens is 320 g/mol. The van der Waals surface area contributed by atoms with Gasteiger partial charge in [0.15, 0.2) is 0 Å². The van der Waals surface area contributed by atoms with E-state index in [1.165, 1.54) is 12.0 Å². The highest BCUT2D eigenvalue weighted by atomic mass is 16.5. The molecule has 1 fully saturated rings. The van der Waals surface area contributed by atoms with E-state index in [4.69, 9.17) is 4.74 Å². The van der Waals surface area contributed by atoms with Crippen LogP contribution in [-0.4, -0.2) is 46.9 Å². The molecule has 1 atom stereocenters. The van der Waals surface area contributed by atoms with Crippen molar-refractivity contribution in [2.45, 2.75) is 6.04 Å². The molecule has 1 unspecified atom stereocenters. The lowest BCUT2D eigenvalue weighted by molar-refractivity contribution is -0.140. The average molecular weight is 338 g/mol. The number of hydrogen-bond acceptors (Lipinski definition) is 5. The Morgan fingerprint density at radius 1 is 1.16 bits per heavy atom. The highest BCUT2D eigenvalue weighted by Gasteiger charge is 2.46. The van der Waals surface area contributed by atoms with Crippen molar-refractivity contribution in [3.8, 4) is 0 Å². The number of ketones is 1. The number of pyridine rings is 1. The van der Waals surface area contributed by atoms with Crippen LogP contribution >= 0.6 is 0 Å². The van der Waals surface area contributed by atoms with Gasteiger partial charge in [-0.1, -0.05) is 36.4 Å². The van der Waals surface area contributed by atoms with Gasteiger partial charge in [0.25, 0.3) is 11.7 Å².